The Kier molecular flexibility index (Phi) is 5.21. The van der Waals surface area contributed by atoms with Crippen molar-refractivity contribution in [1.82, 2.24) is 4.57 Å². The van der Waals surface area contributed by atoms with Gasteiger partial charge in [-0.3, -0.25) is 4.79 Å². The monoisotopic (exact) mass is 304 g/mol. The molecule has 2 N–H and O–H groups in total. The first-order chi connectivity index (χ1) is 10.0. The van der Waals surface area contributed by atoms with Crippen LogP contribution in [0.4, 0.5) is 0 Å². The summed E-state index contributed by atoms with van der Waals surface area (Å²) in [5, 5.41) is 0.688. The van der Waals surface area contributed by atoms with Gasteiger partial charge in [0.15, 0.2) is 0 Å². The average molecular weight is 305 g/mol. The lowest BCUT2D eigenvalue weighted by Gasteiger charge is -2.15. The van der Waals surface area contributed by atoms with Gasteiger partial charge in [0.1, 0.15) is 0 Å². The molecule has 1 heterocycles. The van der Waals surface area contributed by atoms with Crippen LogP contribution < -0.4 is 11.3 Å². The second-order valence-corrected chi connectivity index (χ2v) is 6.03. The molecule has 0 aliphatic rings. The van der Waals surface area contributed by atoms with Crippen molar-refractivity contribution >= 4 is 11.6 Å². The summed E-state index contributed by atoms with van der Waals surface area (Å²) in [5.41, 5.74) is 8.21. The van der Waals surface area contributed by atoms with Gasteiger partial charge in [-0.2, -0.15) is 0 Å². The lowest BCUT2D eigenvalue weighted by atomic mass is 10.1. The number of nitrogens with two attached hydrogens (primary N) is 1. The summed E-state index contributed by atoms with van der Waals surface area (Å²) in [7, 11) is 0. The summed E-state index contributed by atoms with van der Waals surface area (Å²) < 4.78 is 1.82. The van der Waals surface area contributed by atoms with Gasteiger partial charge in [-0.15, -0.1) is 0 Å². The van der Waals surface area contributed by atoms with Gasteiger partial charge in [-0.05, 0) is 36.1 Å². The summed E-state index contributed by atoms with van der Waals surface area (Å²) in [4.78, 5) is 12.5. The Labute approximate surface area is 130 Å². The lowest BCUT2D eigenvalue weighted by molar-refractivity contribution is 0.509. The molecular weight excluding hydrogens is 284 g/mol. The number of hydrogen-bond donors (Lipinski definition) is 1. The first-order valence-electron chi connectivity index (χ1n) is 7.21. The predicted octanol–water partition coefficient (Wildman–Crippen LogP) is 3.67. The highest BCUT2D eigenvalue weighted by Crippen LogP contribution is 2.21. The van der Waals surface area contributed by atoms with Crippen molar-refractivity contribution in [2.45, 2.75) is 33.4 Å². The second-order valence-electron chi connectivity index (χ2n) is 5.59. The Morgan fingerprint density at radius 1 is 1.14 bits per heavy atom. The minimum atomic E-state index is 0.00519. The second kappa shape index (κ2) is 6.92. The van der Waals surface area contributed by atoms with E-state index in [0.29, 0.717) is 23.0 Å². The Morgan fingerprint density at radius 3 is 2.38 bits per heavy atom. The van der Waals surface area contributed by atoms with Crippen LogP contribution in [-0.2, 0) is 13.1 Å². The molecule has 112 valence electrons. The fourth-order valence-electron chi connectivity index (χ4n) is 2.26. The van der Waals surface area contributed by atoms with E-state index in [0.717, 1.165) is 17.7 Å². The summed E-state index contributed by atoms with van der Waals surface area (Å²) in [6.07, 6.45) is 0.953. The number of hydrogen-bond acceptors (Lipinski definition) is 2. The van der Waals surface area contributed by atoms with E-state index in [1.807, 2.05) is 41.0 Å². The van der Waals surface area contributed by atoms with Gasteiger partial charge in [0.25, 0.3) is 5.56 Å². The van der Waals surface area contributed by atoms with Gasteiger partial charge in [0, 0.05) is 23.7 Å². The number of pyridine rings is 1. The Balaban J connectivity index is 2.51. The van der Waals surface area contributed by atoms with Crippen LogP contribution in [0.15, 0.2) is 41.2 Å². The van der Waals surface area contributed by atoms with E-state index >= 15 is 0 Å². The third kappa shape index (κ3) is 3.74. The molecule has 0 bridgehead atoms. The molecule has 2 rings (SSSR count). The molecular formula is C17H21ClN2O. The van der Waals surface area contributed by atoms with Crippen molar-refractivity contribution in [3.63, 3.8) is 0 Å². The molecule has 0 amide bonds. The number of aromatic nitrogens is 1. The van der Waals surface area contributed by atoms with Gasteiger partial charge in [-0.25, -0.2) is 0 Å². The normalized spacial score (nSPS) is 11.1. The first-order valence-corrected chi connectivity index (χ1v) is 7.59. The van der Waals surface area contributed by atoms with Gasteiger partial charge < -0.3 is 10.3 Å². The molecule has 0 unspecified atom stereocenters. The van der Waals surface area contributed by atoms with Gasteiger partial charge in [-0.1, -0.05) is 43.6 Å². The number of nitrogens with zero attached hydrogens (tertiary/aromatic N) is 1. The molecule has 2 aromatic rings. The van der Waals surface area contributed by atoms with E-state index < -0.39 is 0 Å². The highest BCUT2D eigenvalue weighted by Gasteiger charge is 2.10. The molecule has 0 saturated carbocycles. The number of halogens is 1. The third-order valence-corrected chi connectivity index (χ3v) is 3.79. The summed E-state index contributed by atoms with van der Waals surface area (Å²) >= 11 is 5.94. The maximum atomic E-state index is 12.5. The van der Waals surface area contributed by atoms with E-state index in [1.165, 1.54) is 0 Å². The Bertz CT molecular complexity index is 659. The zero-order valence-electron chi connectivity index (χ0n) is 12.5. The molecule has 0 fully saturated rings. The average Bonchev–Trinajstić information content (AvgIpc) is 2.46. The minimum Gasteiger partial charge on any atom is -0.326 e. The maximum Gasteiger partial charge on any atom is 0.255 e. The summed E-state index contributed by atoms with van der Waals surface area (Å²) in [5.74, 6) is 0.538. The molecule has 1 aromatic carbocycles. The molecule has 0 aliphatic carbocycles. The van der Waals surface area contributed by atoms with Crippen LogP contribution >= 0.6 is 11.6 Å². The van der Waals surface area contributed by atoms with Gasteiger partial charge in [0.05, 0.1) is 5.69 Å². The number of rotatable bonds is 5. The summed E-state index contributed by atoms with van der Waals surface area (Å²) in [6.45, 7) is 5.27. The Morgan fingerprint density at radius 2 is 1.81 bits per heavy atom. The fraction of sp³-hybridized carbons (Fsp3) is 0.353. The molecule has 0 atom stereocenters. The van der Waals surface area contributed by atoms with Crippen molar-refractivity contribution in [2.75, 3.05) is 0 Å². The maximum absolute atomic E-state index is 12.5. The fourth-order valence-corrected chi connectivity index (χ4v) is 2.39. The first kappa shape index (κ1) is 15.8. The largest absolute Gasteiger partial charge is 0.326 e. The topological polar surface area (TPSA) is 48.0 Å². The van der Waals surface area contributed by atoms with E-state index in [-0.39, 0.29) is 12.1 Å². The van der Waals surface area contributed by atoms with E-state index in [2.05, 4.69) is 13.8 Å². The molecule has 0 saturated heterocycles. The van der Waals surface area contributed by atoms with Crippen LogP contribution in [-0.4, -0.2) is 4.57 Å². The van der Waals surface area contributed by atoms with E-state index in [1.54, 1.807) is 0 Å². The predicted molar refractivity (Wildman–Crippen MR) is 88.5 cm³/mol. The third-order valence-electron chi connectivity index (χ3n) is 3.54. The van der Waals surface area contributed by atoms with Crippen molar-refractivity contribution in [3.8, 4) is 11.3 Å². The molecule has 0 aliphatic heterocycles. The van der Waals surface area contributed by atoms with E-state index in [4.69, 9.17) is 17.3 Å². The summed E-state index contributed by atoms with van der Waals surface area (Å²) in [6, 6.07) is 11.3. The van der Waals surface area contributed by atoms with Crippen molar-refractivity contribution in [3.05, 3.63) is 57.3 Å². The van der Waals surface area contributed by atoms with Crippen LogP contribution in [0.3, 0.4) is 0 Å². The smallest absolute Gasteiger partial charge is 0.255 e. The zero-order valence-corrected chi connectivity index (χ0v) is 13.2. The van der Waals surface area contributed by atoms with Crippen LogP contribution in [0.25, 0.3) is 11.3 Å². The zero-order chi connectivity index (χ0) is 15.4. The SMILES string of the molecule is CC(C)CCn1c(-c2ccc(Cl)cc2)ccc(CN)c1=O. The van der Waals surface area contributed by atoms with Crippen molar-refractivity contribution in [2.24, 2.45) is 11.7 Å². The lowest BCUT2D eigenvalue weighted by Crippen LogP contribution is -2.27. The highest BCUT2D eigenvalue weighted by molar-refractivity contribution is 6.30. The van der Waals surface area contributed by atoms with Crippen LogP contribution in [0, 0.1) is 5.92 Å². The van der Waals surface area contributed by atoms with Crippen LogP contribution in [0.5, 0.6) is 0 Å². The Hall–Kier alpha value is -1.58. The van der Waals surface area contributed by atoms with Gasteiger partial charge >= 0.3 is 0 Å². The van der Waals surface area contributed by atoms with Crippen molar-refractivity contribution < 1.29 is 0 Å². The highest BCUT2D eigenvalue weighted by atomic mass is 35.5. The molecule has 0 spiro atoms. The van der Waals surface area contributed by atoms with Crippen molar-refractivity contribution in [1.29, 1.82) is 0 Å². The standard InChI is InChI=1S/C17H21ClN2O/c1-12(2)9-10-20-16(8-5-14(11-19)17(20)21)13-3-6-15(18)7-4-13/h3-8,12H,9-11,19H2,1-2H3. The molecule has 4 heteroatoms. The molecule has 21 heavy (non-hydrogen) atoms. The van der Waals surface area contributed by atoms with Gasteiger partial charge in [0.2, 0.25) is 0 Å². The molecule has 0 radical (unpaired) electrons. The molecule has 3 nitrogen and oxygen atoms in total. The molecule has 1 aromatic heterocycles. The minimum absolute atomic E-state index is 0.00519. The van der Waals surface area contributed by atoms with E-state index in [9.17, 15) is 4.79 Å². The van der Waals surface area contributed by atoms with Crippen LogP contribution in [0.2, 0.25) is 5.02 Å². The van der Waals surface area contributed by atoms with Crippen LogP contribution in [0.1, 0.15) is 25.8 Å². The quantitative estimate of drug-likeness (QED) is 0.916. The number of benzene rings is 1.